The SMILES string of the molecule is COc1cccc(C(=O)N2CCN=C2SCc2c(F)cccc2Cl)c1OC. The van der Waals surface area contributed by atoms with Crippen LogP contribution >= 0.6 is 23.4 Å². The molecule has 5 nitrogen and oxygen atoms in total. The Bertz CT molecular complexity index is 871. The Balaban J connectivity index is 1.79. The minimum atomic E-state index is -0.374. The maximum atomic E-state index is 14.0. The van der Waals surface area contributed by atoms with E-state index in [1.807, 2.05) is 0 Å². The molecule has 0 spiro atoms. The van der Waals surface area contributed by atoms with Gasteiger partial charge in [-0.3, -0.25) is 14.7 Å². The van der Waals surface area contributed by atoms with Crippen LogP contribution in [0.15, 0.2) is 41.4 Å². The Hall–Kier alpha value is -2.25. The van der Waals surface area contributed by atoms with E-state index >= 15 is 0 Å². The van der Waals surface area contributed by atoms with Crippen molar-refractivity contribution in [3.8, 4) is 11.5 Å². The van der Waals surface area contributed by atoms with Crippen LogP contribution in [0.5, 0.6) is 11.5 Å². The van der Waals surface area contributed by atoms with Gasteiger partial charge >= 0.3 is 0 Å². The fourth-order valence-electron chi connectivity index (χ4n) is 2.75. The summed E-state index contributed by atoms with van der Waals surface area (Å²) < 4.78 is 24.6. The van der Waals surface area contributed by atoms with Crippen molar-refractivity contribution in [1.29, 1.82) is 0 Å². The van der Waals surface area contributed by atoms with Crippen LogP contribution in [0, 0.1) is 5.82 Å². The zero-order valence-corrected chi connectivity index (χ0v) is 16.4. The van der Waals surface area contributed by atoms with Gasteiger partial charge in [-0.2, -0.15) is 0 Å². The molecule has 1 heterocycles. The molecule has 0 bridgehead atoms. The number of carbonyl (C=O) groups is 1. The molecule has 0 aromatic heterocycles. The number of thioether (sulfide) groups is 1. The van der Waals surface area contributed by atoms with E-state index in [1.165, 1.54) is 32.0 Å². The van der Waals surface area contributed by atoms with E-state index in [4.69, 9.17) is 21.1 Å². The van der Waals surface area contributed by atoms with Gasteiger partial charge < -0.3 is 9.47 Å². The maximum absolute atomic E-state index is 14.0. The number of methoxy groups -OCH3 is 2. The molecule has 0 saturated heterocycles. The maximum Gasteiger partial charge on any atom is 0.263 e. The first-order valence-corrected chi connectivity index (χ1v) is 9.56. The second kappa shape index (κ2) is 8.63. The number of halogens is 2. The van der Waals surface area contributed by atoms with Gasteiger partial charge in [0.05, 0.1) is 26.3 Å². The quantitative estimate of drug-likeness (QED) is 0.742. The van der Waals surface area contributed by atoms with Gasteiger partial charge in [0.1, 0.15) is 5.82 Å². The molecule has 0 aliphatic carbocycles. The number of benzene rings is 2. The molecule has 1 aliphatic heterocycles. The van der Waals surface area contributed by atoms with Crippen molar-refractivity contribution in [2.45, 2.75) is 5.75 Å². The third-order valence-corrected chi connectivity index (χ3v) is 5.48. The van der Waals surface area contributed by atoms with Crippen molar-refractivity contribution in [3.05, 3.63) is 58.4 Å². The average molecular weight is 409 g/mol. The molecular formula is C19H18ClFN2O3S. The summed E-state index contributed by atoms with van der Waals surface area (Å²) in [6.07, 6.45) is 0. The van der Waals surface area contributed by atoms with E-state index in [-0.39, 0.29) is 17.5 Å². The second-order valence-corrected chi connectivity index (χ2v) is 7.00. The van der Waals surface area contributed by atoms with Crippen molar-refractivity contribution in [2.24, 2.45) is 4.99 Å². The van der Waals surface area contributed by atoms with Gasteiger partial charge in [-0.05, 0) is 24.3 Å². The molecule has 2 aromatic carbocycles. The third kappa shape index (κ3) is 4.04. The zero-order valence-electron chi connectivity index (χ0n) is 14.9. The minimum Gasteiger partial charge on any atom is -0.493 e. The highest BCUT2D eigenvalue weighted by Crippen LogP contribution is 2.33. The van der Waals surface area contributed by atoms with E-state index in [1.54, 1.807) is 35.2 Å². The van der Waals surface area contributed by atoms with Crippen molar-refractivity contribution >= 4 is 34.4 Å². The van der Waals surface area contributed by atoms with Crippen LogP contribution in [0.1, 0.15) is 15.9 Å². The van der Waals surface area contributed by atoms with Crippen molar-refractivity contribution in [1.82, 2.24) is 4.90 Å². The Morgan fingerprint density at radius 2 is 2.04 bits per heavy atom. The number of hydrogen-bond acceptors (Lipinski definition) is 5. The number of ether oxygens (including phenoxy) is 2. The number of amidine groups is 1. The van der Waals surface area contributed by atoms with Gasteiger partial charge in [0.25, 0.3) is 5.91 Å². The van der Waals surface area contributed by atoms with Gasteiger partial charge in [0, 0.05) is 22.9 Å². The van der Waals surface area contributed by atoms with Crippen molar-refractivity contribution in [2.75, 3.05) is 27.3 Å². The molecule has 0 N–H and O–H groups in total. The Morgan fingerprint density at radius 1 is 1.26 bits per heavy atom. The summed E-state index contributed by atoms with van der Waals surface area (Å²) in [5, 5.41) is 0.887. The lowest BCUT2D eigenvalue weighted by molar-refractivity contribution is 0.0856. The smallest absolute Gasteiger partial charge is 0.263 e. The van der Waals surface area contributed by atoms with E-state index in [0.717, 1.165) is 0 Å². The predicted molar refractivity (Wildman–Crippen MR) is 106 cm³/mol. The largest absolute Gasteiger partial charge is 0.493 e. The summed E-state index contributed by atoms with van der Waals surface area (Å²) in [4.78, 5) is 19.0. The molecule has 1 aliphatic rings. The molecule has 0 fully saturated rings. The summed E-state index contributed by atoms with van der Waals surface area (Å²) in [7, 11) is 3.01. The molecule has 0 unspecified atom stereocenters. The van der Waals surface area contributed by atoms with E-state index in [9.17, 15) is 9.18 Å². The lowest BCUT2D eigenvalue weighted by atomic mass is 10.1. The first kappa shape index (κ1) is 19.5. The van der Waals surface area contributed by atoms with Gasteiger partial charge in [-0.15, -0.1) is 0 Å². The fraction of sp³-hybridized carbons (Fsp3) is 0.263. The summed E-state index contributed by atoms with van der Waals surface area (Å²) in [6, 6.07) is 9.70. The Labute approximate surface area is 166 Å². The van der Waals surface area contributed by atoms with Crippen molar-refractivity contribution < 1.29 is 18.7 Å². The van der Waals surface area contributed by atoms with Gasteiger partial charge in [-0.1, -0.05) is 35.5 Å². The highest BCUT2D eigenvalue weighted by atomic mass is 35.5. The molecule has 3 rings (SSSR count). The number of hydrogen-bond donors (Lipinski definition) is 0. The summed E-state index contributed by atoms with van der Waals surface area (Å²) in [5.74, 6) is 0.518. The lowest BCUT2D eigenvalue weighted by Crippen LogP contribution is -2.33. The van der Waals surface area contributed by atoms with Crippen LogP contribution in [-0.2, 0) is 5.75 Å². The average Bonchev–Trinajstić information content (AvgIpc) is 3.14. The molecule has 8 heteroatoms. The molecule has 0 radical (unpaired) electrons. The van der Waals surface area contributed by atoms with E-state index in [2.05, 4.69) is 4.99 Å². The predicted octanol–water partition coefficient (Wildman–Crippen LogP) is 4.24. The third-order valence-electron chi connectivity index (χ3n) is 4.09. The molecule has 27 heavy (non-hydrogen) atoms. The van der Waals surface area contributed by atoms with Crippen LogP contribution in [0.4, 0.5) is 4.39 Å². The van der Waals surface area contributed by atoms with E-state index < -0.39 is 0 Å². The van der Waals surface area contributed by atoms with Crippen LogP contribution in [0.2, 0.25) is 5.02 Å². The number of nitrogens with zero attached hydrogens (tertiary/aromatic N) is 2. The molecule has 0 saturated carbocycles. The number of aliphatic imine (C=N–C) groups is 1. The highest BCUT2D eigenvalue weighted by Gasteiger charge is 2.28. The fourth-order valence-corrected chi connectivity index (χ4v) is 4.13. The second-order valence-electron chi connectivity index (χ2n) is 5.65. The molecule has 1 amide bonds. The zero-order chi connectivity index (χ0) is 19.4. The normalized spacial score (nSPS) is 13.5. The van der Waals surface area contributed by atoms with E-state index in [0.29, 0.717) is 45.9 Å². The topological polar surface area (TPSA) is 51.1 Å². The van der Waals surface area contributed by atoms with Gasteiger partial charge in [0.15, 0.2) is 16.7 Å². The summed E-state index contributed by atoms with van der Waals surface area (Å²) in [5.41, 5.74) is 0.779. The summed E-state index contributed by atoms with van der Waals surface area (Å²) in [6.45, 7) is 0.942. The monoisotopic (exact) mass is 408 g/mol. The minimum absolute atomic E-state index is 0.242. The van der Waals surface area contributed by atoms with Crippen LogP contribution < -0.4 is 9.47 Å². The molecule has 0 atom stereocenters. The Kier molecular flexibility index (Phi) is 6.23. The number of amides is 1. The first-order valence-electron chi connectivity index (χ1n) is 8.19. The van der Waals surface area contributed by atoms with Gasteiger partial charge in [0.2, 0.25) is 0 Å². The van der Waals surface area contributed by atoms with Crippen molar-refractivity contribution in [3.63, 3.8) is 0 Å². The number of rotatable bonds is 5. The molecule has 2 aromatic rings. The van der Waals surface area contributed by atoms with Crippen LogP contribution in [0.3, 0.4) is 0 Å². The highest BCUT2D eigenvalue weighted by molar-refractivity contribution is 8.13. The standard InChI is InChI=1S/C19H18ClFN2O3S/c1-25-16-8-3-5-12(17(16)26-2)18(24)23-10-9-22-19(23)27-11-13-14(20)6-4-7-15(13)21/h3-8H,9-11H2,1-2H3. The number of carbonyl (C=O) groups excluding carboxylic acids is 1. The Morgan fingerprint density at radius 3 is 2.74 bits per heavy atom. The molecule has 142 valence electrons. The molecular weight excluding hydrogens is 391 g/mol. The van der Waals surface area contributed by atoms with Crippen LogP contribution in [-0.4, -0.2) is 43.3 Å². The van der Waals surface area contributed by atoms with Gasteiger partial charge in [-0.25, -0.2) is 4.39 Å². The van der Waals surface area contributed by atoms with Crippen LogP contribution in [0.25, 0.3) is 0 Å². The number of para-hydroxylation sites is 1. The lowest BCUT2D eigenvalue weighted by Gasteiger charge is -2.20. The summed E-state index contributed by atoms with van der Waals surface area (Å²) >= 11 is 7.36. The first-order chi connectivity index (χ1) is 13.1.